The molecule has 214 valence electrons. The summed E-state index contributed by atoms with van der Waals surface area (Å²) in [4.78, 5) is 20.8. The number of nitrogens with zero attached hydrogens (tertiary/aromatic N) is 3. The smallest absolute Gasteiger partial charge is 0.218 e. The van der Waals surface area contributed by atoms with Gasteiger partial charge in [0.25, 0.3) is 0 Å². The summed E-state index contributed by atoms with van der Waals surface area (Å²) in [6.07, 6.45) is 11.0. The molecule has 1 fully saturated rings. The minimum Gasteiger partial charge on any atom is -0.471 e. The number of amides is 1. The lowest BCUT2D eigenvalue weighted by Gasteiger charge is -2.47. The summed E-state index contributed by atoms with van der Waals surface area (Å²) in [5.41, 5.74) is 3.27. The quantitative estimate of drug-likeness (QED) is 0.365. The molecule has 1 amide bonds. The van der Waals surface area contributed by atoms with Crippen LogP contribution in [0.3, 0.4) is 0 Å². The number of rotatable bonds is 9. The third-order valence-corrected chi connectivity index (χ3v) is 7.87. The molecule has 3 N–H and O–H groups in total. The van der Waals surface area contributed by atoms with Crippen LogP contribution in [0.2, 0.25) is 0 Å². The first-order valence-electron chi connectivity index (χ1n) is 14.1. The van der Waals surface area contributed by atoms with Crippen molar-refractivity contribution in [2.75, 3.05) is 6.54 Å². The van der Waals surface area contributed by atoms with Crippen molar-refractivity contribution < 1.29 is 19.0 Å². The van der Waals surface area contributed by atoms with E-state index in [1.54, 1.807) is 29.1 Å². The Bertz CT molecular complexity index is 1330. The van der Waals surface area contributed by atoms with Gasteiger partial charge in [-0.2, -0.15) is 0 Å². The Balaban J connectivity index is 1.33. The number of pyridine rings is 1. The number of ether oxygens (including phenoxy) is 1. The Kier molecular flexibility index (Phi) is 7.97. The van der Waals surface area contributed by atoms with E-state index in [4.69, 9.17) is 9.72 Å². The third kappa shape index (κ3) is 6.53. The Morgan fingerprint density at radius 2 is 2.08 bits per heavy atom. The fourth-order valence-electron chi connectivity index (χ4n) is 5.84. The molecule has 1 aliphatic heterocycles. The van der Waals surface area contributed by atoms with Gasteiger partial charge in [-0.05, 0) is 66.8 Å². The molecule has 9 heteroatoms. The number of benzene rings is 1. The molecule has 1 spiro atoms. The topological polar surface area (TPSA) is 101 Å². The largest absolute Gasteiger partial charge is 0.471 e. The van der Waals surface area contributed by atoms with Crippen molar-refractivity contribution >= 4 is 5.91 Å². The predicted molar refractivity (Wildman–Crippen MR) is 151 cm³/mol. The fraction of sp³-hybridized carbons (Fsp3) is 0.516. The second-order valence-electron chi connectivity index (χ2n) is 12.6. The Labute approximate surface area is 235 Å². The molecular weight excluding hydrogens is 509 g/mol. The number of hydrogen-bond acceptors (Lipinski definition) is 6. The number of nitrogens with one attached hydrogen (secondary N) is 2. The van der Waals surface area contributed by atoms with Gasteiger partial charge in [-0.1, -0.05) is 26.8 Å². The van der Waals surface area contributed by atoms with Crippen LogP contribution in [-0.2, 0) is 17.6 Å². The van der Waals surface area contributed by atoms with Gasteiger partial charge < -0.3 is 25.0 Å². The predicted octanol–water partition coefficient (Wildman–Crippen LogP) is 4.44. The van der Waals surface area contributed by atoms with Crippen LogP contribution < -0.4 is 15.4 Å². The molecule has 1 aromatic carbocycles. The highest BCUT2D eigenvalue weighted by Crippen LogP contribution is 2.48. The highest BCUT2D eigenvalue weighted by Gasteiger charge is 2.46. The summed E-state index contributed by atoms with van der Waals surface area (Å²) in [7, 11) is 0. The van der Waals surface area contributed by atoms with Crippen molar-refractivity contribution in [3.63, 3.8) is 0 Å². The number of carbonyl (C=O) groups is 1. The first kappa shape index (κ1) is 28.2. The second-order valence-corrected chi connectivity index (χ2v) is 12.6. The van der Waals surface area contributed by atoms with Gasteiger partial charge in [-0.25, -0.2) is 14.4 Å². The van der Waals surface area contributed by atoms with Crippen LogP contribution in [0.1, 0.15) is 76.1 Å². The second kappa shape index (κ2) is 11.3. The van der Waals surface area contributed by atoms with Gasteiger partial charge in [0.2, 0.25) is 11.8 Å². The average molecular weight is 550 g/mol. The van der Waals surface area contributed by atoms with Crippen molar-refractivity contribution in [3.8, 4) is 11.6 Å². The van der Waals surface area contributed by atoms with E-state index < -0.39 is 12.1 Å². The van der Waals surface area contributed by atoms with Gasteiger partial charge in [-0.3, -0.25) is 4.79 Å². The van der Waals surface area contributed by atoms with Crippen LogP contribution >= 0.6 is 0 Å². The van der Waals surface area contributed by atoms with E-state index in [1.165, 1.54) is 19.3 Å². The maximum atomic E-state index is 14.5. The maximum absolute atomic E-state index is 14.5. The van der Waals surface area contributed by atoms with Gasteiger partial charge in [0.1, 0.15) is 11.4 Å². The van der Waals surface area contributed by atoms with Gasteiger partial charge >= 0.3 is 0 Å². The molecular formula is C31H40FN5O3. The minimum absolute atomic E-state index is 0.0252. The molecule has 0 bridgehead atoms. The van der Waals surface area contributed by atoms with Crippen molar-refractivity contribution in [1.29, 1.82) is 0 Å². The van der Waals surface area contributed by atoms with E-state index in [1.807, 2.05) is 6.20 Å². The molecule has 1 saturated carbocycles. The summed E-state index contributed by atoms with van der Waals surface area (Å²) in [5.74, 6) is 0.0665. The van der Waals surface area contributed by atoms with E-state index in [-0.39, 0.29) is 35.3 Å². The zero-order valence-corrected chi connectivity index (χ0v) is 23.8. The summed E-state index contributed by atoms with van der Waals surface area (Å²) in [5, 5.41) is 17.8. The molecule has 5 rings (SSSR count). The Hall–Kier alpha value is -3.30. The molecule has 1 aliphatic carbocycles. The van der Waals surface area contributed by atoms with E-state index in [0.717, 1.165) is 48.8 Å². The highest BCUT2D eigenvalue weighted by atomic mass is 19.1. The molecule has 40 heavy (non-hydrogen) atoms. The van der Waals surface area contributed by atoms with Crippen LogP contribution in [0.25, 0.3) is 5.69 Å². The van der Waals surface area contributed by atoms with Crippen LogP contribution in [0.5, 0.6) is 5.88 Å². The van der Waals surface area contributed by atoms with E-state index in [0.29, 0.717) is 18.0 Å². The normalized spacial score (nSPS) is 19.3. The van der Waals surface area contributed by atoms with Crippen molar-refractivity contribution in [3.05, 3.63) is 71.7 Å². The van der Waals surface area contributed by atoms with Gasteiger partial charge in [0.15, 0.2) is 0 Å². The molecule has 2 aromatic heterocycles. The van der Waals surface area contributed by atoms with Crippen LogP contribution in [-0.4, -0.2) is 49.8 Å². The van der Waals surface area contributed by atoms with Crippen LogP contribution in [0.15, 0.2) is 49.2 Å². The Morgan fingerprint density at radius 1 is 1.27 bits per heavy atom. The standard InChI is InChI=1S/C31H40FN5O3/c1-20(38)36-25(13-21-6-7-24(32)27(14-21)37-11-10-33-19-37)28(39)18-34-26-16-31(8-5-9-31)40-29-23(26)12-22(17-35-29)15-30(2,3)4/h6-7,10-12,14,17,19,25-26,28,34,39H,5,8-9,13,15-16,18H2,1-4H3,(H,36,38)/t25-,26-,28-/m0/s1. The first-order chi connectivity index (χ1) is 19.0. The molecule has 0 radical (unpaired) electrons. The Morgan fingerprint density at radius 3 is 2.73 bits per heavy atom. The molecule has 2 aliphatic rings. The summed E-state index contributed by atoms with van der Waals surface area (Å²) < 4.78 is 22.5. The summed E-state index contributed by atoms with van der Waals surface area (Å²) >= 11 is 0. The van der Waals surface area contributed by atoms with Crippen molar-refractivity contribution in [1.82, 2.24) is 25.2 Å². The van der Waals surface area contributed by atoms with Gasteiger partial charge in [0, 0.05) is 50.1 Å². The molecule has 8 nitrogen and oxygen atoms in total. The number of aliphatic hydroxyl groups excluding tert-OH is 1. The SMILES string of the molecule is CC(=O)N[C@@H](Cc1ccc(F)c(-n2ccnc2)c1)[C@@H](O)CN[C@H]1CC2(CCC2)Oc2ncc(CC(C)(C)C)cc21. The van der Waals surface area contributed by atoms with Crippen LogP contribution in [0.4, 0.5) is 4.39 Å². The van der Waals surface area contributed by atoms with Crippen molar-refractivity contribution in [2.24, 2.45) is 5.41 Å². The monoisotopic (exact) mass is 549 g/mol. The zero-order chi connectivity index (χ0) is 28.5. The van der Waals surface area contributed by atoms with E-state index in [9.17, 15) is 14.3 Å². The average Bonchev–Trinajstić information content (AvgIpc) is 3.40. The molecule has 0 unspecified atom stereocenters. The van der Waals surface area contributed by atoms with Crippen LogP contribution in [0, 0.1) is 11.2 Å². The lowest BCUT2D eigenvalue weighted by Crippen LogP contribution is -2.52. The number of hydrogen-bond donors (Lipinski definition) is 3. The number of carbonyl (C=O) groups excluding carboxylic acids is 1. The number of halogens is 1. The summed E-state index contributed by atoms with van der Waals surface area (Å²) in [6.45, 7) is 8.33. The maximum Gasteiger partial charge on any atom is 0.218 e. The summed E-state index contributed by atoms with van der Waals surface area (Å²) in [6, 6.07) is 6.41. The highest BCUT2D eigenvalue weighted by molar-refractivity contribution is 5.73. The zero-order valence-electron chi connectivity index (χ0n) is 23.8. The van der Waals surface area contributed by atoms with Gasteiger partial charge in [0.05, 0.1) is 24.2 Å². The molecule has 3 aromatic rings. The lowest BCUT2D eigenvalue weighted by molar-refractivity contribution is -0.120. The number of aromatic nitrogens is 3. The van der Waals surface area contributed by atoms with Crippen molar-refractivity contribution in [2.45, 2.75) is 90.0 Å². The fourth-order valence-corrected chi connectivity index (χ4v) is 5.84. The minimum atomic E-state index is -0.875. The van der Waals surface area contributed by atoms with E-state index in [2.05, 4.69) is 42.5 Å². The molecule has 3 heterocycles. The molecule has 0 saturated heterocycles. The molecule has 3 atom stereocenters. The first-order valence-corrected chi connectivity index (χ1v) is 14.1. The van der Waals surface area contributed by atoms with Gasteiger partial charge in [-0.15, -0.1) is 0 Å². The third-order valence-electron chi connectivity index (χ3n) is 7.87. The number of fused-ring (bicyclic) bond motifs is 1. The lowest BCUT2D eigenvalue weighted by atomic mass is 9.73. The number of imidazole rings is 1. The number of aliphatic hydroxyl groups is 1. The van der Waals surface area contributed by atoms with E-state index >= 15 is 0 Å².